The van der Waals surface area contributed by atoms with Crippen LogP contribution >= 0.6 is 15.6 Å². The molecule has 0 aromatic rings. The topological polar surface area (TPSA) is 237 Å². The Morgan fingerprint density at radius 1 is 0.276 bits per heavy atom. The van der Waals surface area contributed by atoms with Crippen molar-refractivity contribution in [3.63, 3.8) is 0 Å². The fourth-order valence-electron chi connectivity index (χ4n) is 13.4. The number of phosphoric acid groups is 2. The molecule has 0 radical (unpaired) electrons. The number of ether oxygens (including phenoxy) is 4. The van der Waals surface area contributed by atoms with Crippen molar-refractivity contribution in [1.82, 2.24) is 0 Å². The molecule has 0 heterocycles. The fraction of sp³-hybridized carbons (Fsp3) is 0.953. The summed E-state index contributed by atoms with van der Waals surface area (Å²) < 4.78 is 68.9. The van der Waals surface area contributed by atoms with Gasteiger partial charge in [0, 0.05) is 25.7 Å². The highest BCUT2D eigenvalue weighted by Crippen LogP contribution is 2.45. The molecule has 6 atom stereocenters. The van der Waals surface area contributed by atoms with Gasteiger partial charge >= 0.3 is 39.5 Å². The van der Waals surface area contributed by atoms with Crippen LogP contribution in [0.15, 0.2) is 0 Å². The summed E-state index contributed by atoms with van der Waals surface area (Å²) in [5.74, 6) is -0.446. The molecule has 105 heavy (non-hydrogen) atoms. The molecule has 0 aliphatic rings. The number of hydrogen-bond donors (Lipinski definition) is 3. The Morgan fingerprint density at radius 2 is 0.486 bits per heavy atom. The molecule has 3 N–H and O–H groups in total. The number of rotatable bonds is 85. The molecule has 0 aliphatic carbocycles. The lowest BCUT2D eigenvalue weighted by Gasteiger charge is -2.21. The molecule has 0 rings (SSSR count). The van der Waals surface area contributed by atoms with E-state index in [-0.39, 0.29) is 25.7 Å². The highest BCUT2D eigenvalue weighted by Gasteiger charge is 2.30. The molecule has 3 unspecified atom stereocenters. The van der Waals surface area contributed by atoms with E-state index >= 15 is 0 Å². The lowest BCUT2D eigenvalue weighted by molar-refractivity contribution is -0.161. The number of hydrogen-bond acceptors (Lipinski definition) is 15. The maximum absolute atomic E-state index is 13.1. The van der Waals surface area contributed by atoms with E-state index in [4.69, 9.17) is 37.0 Å². The molecular formula is C86H168O17P2. The summed E-state index contributed by atoms with van der Waals surface area (Å²) in [5, 5.41) is 10.7. The smallest absolute Gasteiger partial charge is 0.462 e. The van der Waals surface area contributed by atoms with E-state index in [9.17, 15) is 43.2 Å². The van der Waals surface area contributed by atoms with Crippen LogP contribution in [0.5, 0.6) is 0 Å². The molecule has 0 bridgehead atoms. The second-order valence-electron chi connectivity index (χ2n) is 31.6. The standard InChI is InChI=1S/C86H168O17P2/c1-7-10-12-14-16-18-20-22-23-24-27-34-40-46-52-58-64-70-85(90)102-81(74-96-83(88)68-62-56-50-44-38-21-19-17-15-13-11-8-2)76-100-104(92,93)98-72-80(87)73-99-105(94,95)101-77-82(103-86(91)71-65-59-53-47-41-35-28-25-26-31-36-42-48-54-60-66-78(4)5)75-97-84(89)69-63-57-51-45-39-33-30-29-32-37-43-49-55-61-67-79(6)9-3/h78-82,87H,7-77H2,1-6H3,(H,92,93)(H,94,95)/t79?,80-,81+,82+/m0/s1. The molecule has 0 aromatic carbocycles. The normalized spacial score (nSPS) is 14.1. The molecule has 0 spiro atoms. The van der Waals surface area contributed by atoms with E-state index in [1.54, 1.807) is 0 Å². The number of carbonyl (C=O) groups is 4. The van der Waals surface area contributed by atoms with Gasteiger partial charge in [-0.15, -0.1) is 0 Å². The van der Waals surface area contributed by atoms with Gasteiger partial charge in [0.05, 0.1) is 26.4 Å². The van der Waals surface area contributed by atoms with Crippen molar-refractivity contribution >= 4 is 39.5 Å². The number of phosphoric ester groups is 2. The molecule has 0 amide bonds. The van der Waals surface area contributed by atoms with Crippen LogP contribution in [-0.2, 0) is 65.4 Å². The Bertz CT molecular complexity index is 2010. The maximum Gasteiger partial charge on any atom is 0.472 e. The average Bonchev–Trinajstić information content (AvgIpc) is 0.947. The summed E-state index contributed by atoms with van der Waals surface area (Å²) >= 11 is 0. The first-order chi connectivity index (χ1) is 50.9. The van der Waals surface area contributed by atoms with Crippen LogP contribution in [0.3, 0.4) is 0 Å². The third kappa shape index (κ3) is 78.5. The predicted octanol–water partition coefficient (Wildman–Crippen LogP) is 26.2. The van der Waals surface area contributed by atoms with E-state index in [2.05, 4.69) is 41.5 Å². The van der Waals surface area contributed by atoms with Gasteiger partial charge < -0.3 is 33.8 Å². The van der Waals surface area contributed by atoms with Crippen molar-refractivity contribution in [2.75, 3.05) is 39.6 Å². The first-order valence-corrected chi connectivity index (χ1v) is 47.5. The van der Waals surface area contributed by atoms with Gasteiger partial charge in [0.25, 0.3) is 0 Å². The monoisotopic (exact) mass is 1540 g/mol. The predicted molar refractivity (Wildman–Crippen MR) is 432 cm³/mol. The van der Waals surface area contributed by atoms with Crippen molar-refractivity contribution < 1.29 is 80.2 Å². The van der Waals surface area contributed by atoms with Gasteiger partial charge in [-0.05, 0) is 37.5 Å². The van der Waals surface area contributed by atoms with Gasteiger partial charge in [-0.1, -0.05) is 408 Å². The zero-order valence-electron chi connectivity index (χ0n) is 69.0. The minimum absolute atomic E-state index is 0.108. The second kappa shape index (κ2) is 77.4. The number of unbranched alkanes of at least 4 members (excludes halogenated alkanes) is 54. The SMILES string of the molecule is CCCCCCCCCCCCCCCCCCCC(=O)O[C@H](COC(=O)CCCCCCCCCCCCCC)COP(=O)(O)OC[C@H](O)COP(=O)(O)OC[C@@H](COC(=O)CCCCCCCCCCCCCCCCC(C)CC)OC(=O)CCCCCCCCCCCCCCCCCC(C)C. The minimum Gasteiger partial charge on any atom is -0.462 e. The molecule has 0 aliphatic heterocycles. The highest BCUT2D eigenvalue weighted by atomic mass is 31.2. The largest absolute Gasteiger partial charge is 0.472 e. The van der Waals surface area contributed by atoms with Crippen LogP contribution in [0.4, 0.5) is 0 Å². The van der Waals surface area contributed by atoms with Crippen LogP contribution in [0.25, 0.3) is 0 Å². The van der Waals surface area contributed by atoms with Crippen LogP contribution in [0.1, 0.15) is 459 Å². The zero-order chi connectivity index (χ0) is 77.1. The fourth-order valence-corrected chi connectivity index (χ4v) is 15.0. The van der Waals surface area contributed by atoms with Gasteiger partial charge in [0.2, 0.25) is 0 Å². The van der Waals surface area contributed by atoms with E-state index in [1.807, 2.05) is 0 Å². The number of aliphatic hydroxyl groups is 1. The Balaban J connectivity index is 5.26. The minimum atomic E-state index is -4.97. The van der Waals surface area contributed by atoms with E-state index in [0.717, 1.165) is 102 Å². The van der Waals surface area contributed by atoms with Gasteiger partial charge in [-0.25, -0.2) is 9.13 Å². The van der Waals surface area contributed by atoms with Crippen molar-refractivity contribution in [3.8, 4) is 0 Å². The molecule has 0 aromatic heterocycles. The van der Waals surface area contributed by atoms with Crippen molar-refractivity contribution in [3.05, 3.63) is 0 Å². The summed E-state index contributed by atoms with van der Waals surface area (Å²) in [6, 6.07) is 0. The first kappa shape index (κ1) is 103. The number of esters is 4. The van der Waals surface area contributed by atoms with E-state index in [0.29, 0.717) is 25.7 Å². The summed E-state index contributed by atoms with van der Waals surface area (Å²) in [4.78, 5) is 73.3. The molecule has 0 fully saturated rings. The molecule has 624 valence electrons. The lowest BCUT2D eigenvalue weighted by atomic mass is 9.99. The molecule has 17 nitrogen and oxygen atoms in total. The van der Waals surface area contributed by atoms with Crippen molar-refractivity contribution in [2.24, 2.45) is 11.8 Å². The van der Waals surface area contributed by atoms with Crippen molar-refractivity contribution in [2.45, 2.75) is 477 Å². The third-order valence-electron chi connectivity index (χ3n) is 20.6. The molecule has 0 saturated heterocycles. The number of aliphatic hydroxyl groups excluding tert-OH is 1. The highest BCUT2D eigenvalue weighted by molar-refractivity contribution is 7.47. The Hall–Kier alpha value is -1.94. The van der Waals surface area contributed by atoms with Gasteiger partial charge in [-0.2, -0.15) is 0 Å². The average molecular weight is 1540 g/mol. The third-order valence-corrected chi connectivity index (χ3v) is 22.5. The van der Waals surface area contributed by atoms with Gasteiger partial charge in [0.15, 0.2) is 12.2 Å². The summed E-state index contributed by atoms with van der Waals surface area (Å²) in [6.45, 7) is 9.76. The first-order valence-electron chi connectivity index (χ1n) is 44.5. The lowest BCUT2D eigenvalue weighted by Crippen LogP contribution is -2.30. The summed E-state index contributed by atoms with van der Waals surface area (Å²) in [7, 11) is -9.93. The molecular weight excluding hydrogens is 1370 g/mol. The zero-order valence-corrected chi connectivity index (χ0v) is 70.8. The van der Waals surface area contributed by atoms with Gasteiger partial charge in [-0.3, -0.25) is 37.3 Å². The van der Waals surface area contributed by atoms with Crippen LogP contribution in [-0.4, -0.2) is 96.7 Å². The molecule has 0 saturated carbocycles. The number of carbonyl (C=O) groups excluding carboxylic acids is 4. The second-order valence-corrected chi connectivity index (χ2v) is 34.6. The summed E-state index contributed by atoms with van der Waals surface area (Å²) in [5.41, 5.74) is 0. The molecule has 19 heteroatoms. The Morgan fingerprint density at radius 3 is 0.724 bits per heavy atom. The maximum atomic E-state index is 13.1. The quantitative estimate of drug-likeness (QED) is 0.0222. The van der Waals surface area contributed by atoms with E-state index in [1.165, 1.54) is 276 Å². The van der Waals surface area contributed by atoms with Gasteiger partial charge in [0.1, 0.15) is 19.3 Å². The van der Waals surface area contributed by atoms with E-state index < -0.39 is 97.5 Å². The van der Waals surface area contributed by atoms with Crippen molar-refractivity contribution in [1.29, 1.82) is 0 Å². The Labute approximate surface area is 645 Å². The Kier molecular flexibility index (Phi) is 76.0. The summed E-state index contributed by atoms with van der Waals surface area (Å²) in [6.07, 6.45) is 69.2. The van der Waals surface area contributed by atoms with Crippen LogP contribution in [0.2, 0.25) is 0 Å². The van der Waals surface area contributed by atoms with Crippen LogP contribution < -0.4 is 0 Å². The van der Waals surface area contributed by atoms with Crippen LogP contribution in [0, 0.1) is 11.8 Å².